The van der Waals surface area contributed by atoms with Gasteiger partial charge in [-0.15, -0.1) is 16.4 Å². The third kappa shape index (κ3) is 1.63. The van der Waals surface area contributed by atoms with Crippen molar-refractivity contribution in [3.8, 4) is 0 Å². The number of aromatic nitrogens is 3. The van der Waals surface area contributed by atoms with Crippen LogP contribution in [-0.4, -0.2) is 20.4 Å². The molecule has 0 fully saturated rings. The average Bonchev–Trinajstić information content (AvgIpc) is 2.72. The predicted octanol–water partition coefficient (Wildman–Crippen LogP) is 1.53. The largest absolute Gasteiger partial charge is 0.286 e. The van der Waals surface area contributed by atoms with E-state index < -0.39 is 0 Å². The Kier molecular flexibility index (Phi) is 2.15. The van der Waals surface area contributed by atoms with E-state index in [0.717, 1.165) is 16.5 Å². The van der Waals surface area contributed by atoms with Crippen LogP contribution in [0.25, 0.3) is 0 Å². The molecule has 2 heterocycles. The number of thiazole rings is 1. The first-order valence-electron chi connectivity index (χ1n) is 3.51. The van der Waals surface area contributed by atoms with Crippen LogP contribution in [0.5, 0.6) is 0 Å². The molecule has 0 spiro atoms. The van der Waals surface area contributed by atoms with Gasteiger partial charge in [-0.05, 0) is 18.5 Å². The van der Waals surface area contributed by atoms with Crippen molar-refractivity contribution >= 4 is 28.7 Å². The first-order chi connectivity index (χ1) is 6.27. The number of ketones is 1. The van der Waals surface area contributed by atoms with Gasteiger partial charge in [0.2, 0.25) is 5.78 Å². The van der Waals surface area contributed by atoms with E-state index in [1.54, 1.807) is 5.38 Å². The zero-order valence-electron chi connectivity index (χ0n) is 6.72. The Morgan fingerprint density at radius 2 is 2.38 bits per heavy atom. The summed E-state index contributed by atoms with van der Waals surface area (Å²) in [7, 11) is 0. The topological polar surface area (TPSA) is 55.7 Å². The van der Waals surface area contributed by atoms with E-state index >= 15 is 0 Å². The molecule has 2 aromatic heterocycles. The van der Waals surface area contributed by atoms with Gasteiger partial charge in [0.1, 0.15) is 10.6 Å². The molecule has 4 nitrogen and oxygen atoms in total. The molecule has 0 aliphatic carbocycles. The summed E-state index contributed by atoms with van der Waals surface area (Å²) in [5.74, 6) is -0.0978. The summed E-state index contributed by atoms with van der Waals surface area (Å²) in [6, 6.07) is 0. The highest BCUT2D eigenvalue weighted by Gasteiger charge is 2.13. The predicted molar refractivity (Wildman–Crippen MR) is 50.2 cm³/mol. The van der Waals surface area contributed by atoms with Gasteiger partial charge < -0.3 is 0 Å². The fourth-order valence-electron chi connectivity index (χ4n) is 0.861. The summed E-state index contributed by atoms with van der Waals surface area (Å²) >= 11 is 2.55. The Morgan fingerprint density at radius 1 is 1.54 bits per heavy atom. The average molecular weight is 211 g/mol. The standard InChI is InChI=1S/C7H5N3OS2/c1-4-9-5(3-12-4)7(11)6-2-8-10-13-6/h2-3H,1H3. The van der Waals surface area contributed by atoms with Gasteiger partial charge in [-0.1, -0.05) is 4.49 Å². The van der Waals surface area contributed by atoms with Gasteiger partial charge in [-0.25, -0.2) is 4.98 Å². The summed E-state index contributed by atoms with van der Waals surface area (Å²) in [5.41, 5.74) is 0.480. The quantitative estimate of drug-likeness (QED) is 0.707. The van der Waals surface area contributed by atoms with Gasteiger partial charge in [0.25, 0.3) is 0 Å². The van der Waals surface area contributed by atoms with Crippen LogP contribution in [0, 0.1) is 6.92 Å². The molecule has 0 N–H and O–H groups in total. The lowest BCUT2D eigenvalue weighted by molar-refractivity contribution is 0.103. The van der Waals surface area contributed by atoms with Gasteiger partial charge in [0.05, 0.1) is 11.2 Å². The monoisotopic (exact) mass is 211 g/mol. The second-order valence-corrected chi connectivity index (χ2v) is 4.21. The fraction of sp³-hybridized carbons (Fsp3) is 0.143. The summed E-state index contributed by atoms with van der Waals surface area (Å²) in [4.78, 5) is 16.2. The van der Waals surface area contributed by atoms with Gasteiger partial charge in [0, 0.05) is 5.38 Å². The smallest absolute Gasteiger partial charge is 0.225 e. The van der Waals surface area contributed by atoms with Crippen molar-refractivity contribution in [2.24, 2.45) is 0 Å². The summed E-state index contributed by atoms with van der Waals surface area (Å²) in [6.07, 6.45) is 1.46. The zero-order valence-corrected chi connectivity index (χ0v) is 8.35. The molecular formula is C7H5N3OS2. The Bertz CT molecular complexity index is 421. The molecule has 6 heteroatoms. The summed E-state index contributed by atoms with van der Waals surface area (Å²) in [5, 5.41) is 6.24. The maximum atomic E-state index is 11.6. The van der Waals surface area contributed by atoms with Gasteiger partial charge in [0.15, 0.2) is 0 Å². The van der Waals surface area contributed by atoms with Gasteiger partial charge in [-0.2, -0.15) is 0 Å². The maximum Gasteiger partial charge on any atom is 0.225 e. The first kappa shape index (κ1) is 8.46. The van der Waals surface area contributed by atoms with Crippen LogP contribution in [0.3, 0.4) is 0 Å². The molecule has 0 saturated heterocycles. The third-order valence-electron chi connectivity index (χ3n) is 1.44. The van der Waals surface area contributed by atoms with Gasteiger partial charge in [-0.3, -0.25) is 4.79 Å². The molecule has 0 bridgehead atoms. The normalized spacial score (nSPS) is 10.2. The Balaban J connectivity index is 2.33. The van der Waals surface area contributed by atoms with Crippen molar-refractivity contribution in [2.75, 3.05) is 0 Å². The summed E-state index contributed by atoms with van der Waals surface area (Å²) < 4.78 is 3.62. The van der Waals surface area contributed by atoms with E-state index in [2.05, 4.69) is 14.6 Å². The van der Waals surface area contributed by atoms with Crippen molar-refractivity contribution in [2.45, 2.75) is 6.92 Å². The molecule has 2 aromatic rings. The SMILES string of the molecule is Cc1nc(C(=O)c2cnns2)cs1. The second kappa shape index (κ2) is 3.31. The molecule has 0 unspecified atom stereocenters. The molecule has 0 atom stereocenters. The number of carbonyl (C=O) groups excluding carboxylic acids is 1. The molecule has 0 amide bonds. The lowest BCUT2D eigenvalue weighted by Crippen LogP contribution is -1.98. The van der Waals surface area contributed by atoms with E-state index in [9.17, 15) is 4.79 Å². The van der Waals surface area contributed by atoms with Crippen molar-refractivity contribution in [3.05, 3.63) is 27.2 Å². The van der Waals surface area contributed by atoms with E-state index in [-0.39, 0.29) is 5.78 Å². The molecule has 0 aromatic carbocycles. The minimum Gasteiger partial charge on any atom is -0.286 e. The molecule has 13 heavy (non-hydrogen) atoms. The molecule has 2 rings (SSSR count). The van der Waals surface area contributed by atoms with Crippen molar-refractivity contribution in [1.29, 1.82) is 0 Å². The highest BCUT2D eigenvalue weighted by Crippen LogP contribution is 2.14. The van der Waals surface area contributed by atoms with Crippen molar-refractivity contribution < 1.29 is 4.79 Å². The third-order valence-corrected chi connectivity index (χ3v) is 2.87. The minimum absolute atomic E-state index is 0.0978. The van der Waals surface area contributed by atoms with Crippen LogP contribution >= 0.6 is 22.9 Å². The highest BCUT2D eigenvalue weighted by molar-refractivity contribution is 7.10. The number of aryl methyl sites for hydroxylation is 1. The van der Waals surface area contributed by atoms with Gasteiger partial charge >= 0.3 is 0 Å². The van der Waals surface area contributed by atoms with Crippen LogP contribution < -0.4 is 0 Å². The molecule has 0 aliphatic rings. The molecule has 0 radical (unpaired) electrons. The Morgan fingerprint density at radius 3 is 2.92 bits per heavy atom. The van der Waals surface area contributed by atoms with E-state index in [1.807, 2.05) is 6.92 Å². The number of hydrogen-bond donors (Lipinski definition) is 0. The molecular weight excluding hydrogens is 206 g/mol. The maximum absolute atomic E-state index is 11.6. The van der Waals surface area contributed by atoms with Crippen LogP contribution in [-0.2, 0) is 0 Å². The molecule has 0 aliphatic heterocycles. The number of carbonyl (C=O) groups is 1. The Hall–Kier alpha value is -1.14. The first-order valence-corrected chi connectivity index (χ1v) is 5.17. The number of nitrogens with zero attached hydrogens (tertiary/aromatic N) is 3. The summed E-state index contributed by atoms with van der Waals surface area (Å²) in [6.45, 7) is 1.87. The van der Waals surface area contributed by atoms with Crippen LogP contribution in [0.2, 0.25) is 0 Å². The van der Waals surface area contributed by atoms with Crippen LogP contribution in [0.15, 0.2) is 11.6 Å². The molecule has 0 saturated carbocycles. The minimum atomic E-state index is -0.0978. The molecule has 66 valence electrons. The van der Waals surface area contributed by atoms with Crippen molar-refractivity contribution in [3.63, 3.8) is 0 Å². The second-order valence-electron chi connectivity index (χ2n) is 2.36. The lowest BCUT2D eigenvalue weighted by atomic mass is 10.3. The van der Waals surface area contributed by atoms with Crippen LogP contribution in [0.1, 0.15) is 20.4 Å². The Labute approximate surface area is 82.4 Å². The lowest BCUT2D eigenvalue weighted by Gasteiger charge is -1.87. The van der Waals surface area contributed by atoms with E-state index in [1.165, 1.54) is 17.5 Å². The number of hydrogen-bond acceptors (Lipinski definition) is 6. The number of rotatable bonds is 2. The zero-order chi connectivity index (χ0) is 9.26. The highest BCUT2D eigenvalue weighted by atomic mass is 32.1. The van der Waals surface area contributed by atoms with Crippen LogP contribution in [0.4, 0.5) is 0 Å². The fourth-order valence-corrected chi connectivity index (χ4v) is 1.92. The van der Waals surface area contributed by atoms with E-state index in [4.69, 9.17) is 0 Å². The van der Waals surface area contributed by atoms with Crippen molar-refractivity contribution in [1.82, 2.24) is 14.6 Å². The van der Waals surface area contributed by atoms with E-state index in [0.29, 0.717) is 10.6 Å².